The van der Waals surface area contributed by atoms with Crippen LogP contribution >= 0.6 is 0 Å². The number of guanidine groups is 1. The van der Waals surface area contributed by atoms with E-state index in [1.807, 2.05) is 0 Å². The van der Waals surface area contributed by atoms with Crippen LogP contribution in [0.25, 0.3) is 0 Å². The van der Waals surface area contributed by atoms with E-state index in [9.17, 15) is 0 Å². The van der Waals surface area contributed by atoms with Gasteiger partial charge in [-0.15, -0.1) is 0 Å². The minimum Gasteiger partial charge on any atom is -0.355 e. The van der Waals surface area contributed by atoms with Crippen LogP contribution in [0, 0.1) is 0 Å². The Morgan fingerprint density at radius 3 is 2.58 bits per heavy atom. The lowest BCUT2D eigenvalue weighted by Gasteiger charge is -2.11. The summed E-state index contributed by atoms with van der Waals surface area (Å²) in [5.74, 6) is 5.80. The molecule has 0 aromatic carbocycles. The molecule has 0 fully saturated rings. The summed E-state index contributed by atoms with van der Waals surface area (Å²) in [4.78, 5) is 6.02. The smallest absolute Gasteiger partial charge is 0.205 e. The maximum atomic E-state index is 5.17. The first-order chi connectivity index (χ1) is 5.70. The van der Waals surface area contributed by atoms with Gasteiger partial charge in [0.25, 0.3) is 0 Å². The molecule has 0 saturated carbocycles. The second-order valence-electron chi connectivity index (χ2n) is 2.80. The third kappa shape index (κ3) is 5.94. The van der Waals surface area contributed by atoms with E-state index in [-0.39, 0.29) is 0 Å². The Morgan fingerprint density at radius 1 is 1.50 bits per heavy atom. The highest BCUT2D eigenvalue weighted by Crippen LogP contribution is 1.79. The van der Waals surface area contributed by atoms with E-state index in [4.69, 9.17) is 5.84 Å². The van der Waals surface area contributed by atoms with Gasteiger partial charge in [0.15, 0.2) is 0 Å². The van der Waals surface area contributed by atoms with Crippen LogP contribution in [-0.4, -0.2) is 45.1 Å². The molecule has 0 aromatic rings. The lowest BCUT2D eigenvalue weighted by Crippen LogP contribution is -2.42. The Bertz CT molecular complexity index is 132. The molecule has 0 spiro atoms. The van der Waals surface area contributed by atoms with Gasteiger partial charge in [-0.1, -0.05) is 0 Å². The fourth-order valence-corrected chi connectivity index (χ4v) is 0.797. The normalized spacial score (nSPS) is 11.9. The minimum absolute atomic E-state index is 0.633. The second-order valence-corrected chi connectivity index (χ2v) is 2.80. The third-order valence-electron chi connectivity index (χ3n) is 1.43. The summed E-state index contributed by atoms with van der Waals surface area (Å²) in [5.41, 5.74) is 2.47. The molecular weight excluding hydrogens is 154 g/mol. The summed E-state index contributed by atoms with van der Waals surface area (Å²) >= 11 is 0. The Hall–Kier alpha value is -0.810. The van der Waals surface area contributed by atoms with E-state index in [0.717, 1.165) is 19.5 Å². The van der Waals surface area contributed by atoms with Crippen molar-refractivity contribution < 1.29 is 0 Å². The zero-order chi connectivity index (χ0) is 9.40. The van der Waals surface area contributed by atoms with Crippen molar-refractivity contribution >= 4 is 5.96 Å². The predicted molar refractivity (Wildman–Crippen MR) is 51.9 cm³/mol. The first kappa shape index (κ1) is 11.2. The first-order valence-corrected chi connectivity index (χ1v) is 4.02. The number of nitrogens with zero attached hydrogens (tertiary/aromatic N) is 2. The molecule has 0 aliphatic carbocycles. The van der Waals surface area contributed by atoms with Crippen LogP contribution < -0.4 is 16.6 Å². The number of aliphatic imine (C=N–C) groups is 1. The van der Waals surface area contributed by atoms with Gasteiger partial charge in [0, 0.05) is 13.6 Å². The summed E-state index contributed by atoms with van der Waals surface area (Å²) in [6.07, 6.45) is 1.08. The SMILES string of the molecule is CN=C(NN)NCCCN(C)C. The maximum absolute atomic E-state index is 5.17. The predicted octanol–water partition coefficient (Wildman–Crippen LogP) is -1.02. The number of hydrazine groups is 1. The van der Waals surface area contributed by atoms with Crippen molar-refractivity contribution in [2.24, 2.45) is 10.8 Å². The molecule has 72 valence electrons. The van der Waals surface area contributed by atoms with E-state index >= 15 is 0 Å². The fourth-order valence-electron chi connectivity index (χ4n) is 0.797. The lowest BCUT2D eigenvalue weighted by atomic mass is 10.4. The number of hydrogen-bond acceptors (Lipinski definition) is 3. The molecule has 4 N–H and O–H groups in total. The summed E-state index contributed by atoms with van der Waals surface area (Å²) in [6, 6.07) is 0. The summed E-state index contributed by atoms with van der Waals surface area (Å²) < 4.78 is 0. The molecular formula is C7H19N5. The number of rotatable bonds is 4. The van der Waals surface area contributed by atoms with Crippen molar-refractivity contribution in [3.05, 3.63) is 0 Å². The van der Waals surface area contributed by atoms with Gasteiger partial charge < -0.3 is 10.2 Å². The molecule has 0 radical (unpaired) electrons. The van der Waals surface area contributed by atoms with Crippen molar-refractivity contribution in [2.75, 3.05) is 34.2 Å². The van der Waals surface area contributed by atoms with Crippen molar-refractivity contribution in [1.82, 2.24) is 15.6 Å². The second kappa shape index (κ2) is 6.87. The summed E-state index contributed by atoms with van der Waals surface area (Å²) in [6.45, 7) is 1.95. The van der Waals surface area contributed by atoms with Crippen LogP contribution in [0.4, 0.5) is 0 Å². The molecule has 0 unspecified atom stereocenters. The van der Waals surface area contributed by atoms with Crippen LogP contribution in [0.15, 0.2) is 4.99 Å². The van der Waals surface area contributed by atoms with E-state index < -0.39 is 0 Å². The van der Waals surface area contributed by atoms with Crippen molar-refractivity contribution in [1.29, 1.82) is 0 Å². The topological polar surface area (TPSA) is 65.7 Å². The van der Waals surface area contributed by atoms with Crippen LogP contribution in [-0.2, 0) is 0 Å². The molecule has 5 heteroatoms. The monoisotopic (exact) mass is 173 g/mol. The molecule has 5 nitrogen and oxygen atoms in total. The zero-order valence-corrected chi connectivity index (χ0v) is 8.09. The number of nitrogens with one attached hydrogen (secondary N) is 2. The summed E-state index contributed by atoms with van der Waals surface area (Å²) in [7, 11) is 5.79. The highest BCUT2D eigenvalue weighted by molar-refractivity contribution is 5.78. The van der Waals surface area contributed by atoms with Crippen molar-refractivity contribution in [2.45, 2.75) is 6.42 Å². The summed E-state index contributed by atoms with van der Waals surface area (Å²) in [5, 5.41) is 3.06. The molecule has 0 saturated heterocycles. The Labute approximate surface area is 74.0 Å². The van der Waals surface area contributed by atoms with Crippen LogP contribution in [0.5, 0.6) is 0 Å². The highest BCUT2D eigenvalue weighted by atomic mass is 15.3. The molecule has 0 aromatic heterocycles. The van der Waals surface area contributed by atoms with Crippen LogP contribution in [0.2, 0.25) is 0 Å². The standard InChI is InChI=1S/C7H19N5/c1-9-7(11-8)10-5-4-6-12(2)3/h4-6,8H2,1-3H3,(H2,9,10,11). The minimum atomic E-state index is 0.633. The first-order valence-electron chi connectivity index (χ1n) is 4.02. The Morgan fingerprint density at radius 2 is 2.17 bits per heavy atom. The molecule has 0 amide bonds. The molecule has 0 rings (SSSR count). The fraction of sp³-hybridized carbons (Fsp3) is 0.857. The maximum Gasteiger partial charge on any atom is 0.205 e. The van der Waals surface area contributed by atoms with Crippen LogP contribution in [0.1, 0.15) is 6.42 Å². The molecule has 0 bridgehead atoms. The highest BCUT2D eigenvalue weighted by Gasteiger charge is 1.93. The number of nitrogens with two attached hydrogens (primary N) is 1. The quantitative estimate of drug-likeness (QED) is 0.167. The number of hydrogen-bond donors (Lipinski definition) is 3. The van der Waals surface area contributed by atoms with Gasteiger partial charge in [0.2, 0.25) is 5.96 Å². The van der Waals surface area contributed by atoms with E-state index in [1.54, 1.807) is 7.05 Å². The molecule has 0 aliphatic heterocycles. The van der Waals surface area contributed by atoms with Gasteiger partial charge in [-0.2, -0.15) is 0 Å². The molecule has 0 aliphatic rings. The average Bonchev–Trinajstić information content (AvgIpc) is 2.04. The van der Waals surface area contributed by atoms with E-state index in [0.29, 0.717) is 5.96 Å². The van der Waals surface area contributed by atoms with Gasteiger partial charge in [0.1, 0.15) is 0 Å². The third-order valence-corrected chi connectivity index (χ3v) is 1.43. The van der Waals surface area contributed by atoms with Crippen molar-refractivity contribution in [3.63, 3.8) is 0 Å². The molecule has 0 heterocycles. The molecule has 0 atom stereocenters. The van der Waals surface area contributed by atoms with Crippen molar-refractivity contribution in [3.8, 4) is 0 Å². The zero-order valence-electron chi connectivity index (χ0n) is 8.09. The van der Waals surface area contributed by atoms with E-state index in [1.165, 1.54) is 0 Å². The van der Waals surface area contributed by atoms with E-state index in [2.05, 4.69) is 34.7 Å². The van der Waals surface area contributed by atoms with Gasteiger partial charge in [-0.3, -0.25) is 10.4 Å². The van der Waals surface area contributed by atoms with Crippen LogP contribution in [0.3, 0.4) is 0 Å². The Balaban J connectivity index is 3.30. The van der Waals surface area contributed by atoms with Gasteiger partial charge in [0.05, 0.1) is 0 Å². The Kier molecular flexibility index (Phi) is 6.41. The average molecular weight is 173 g/mol. The molecule has 12 heavy (non-hydrogen) atoms. The largest absolute Gasteiger partial charge is 0.355 e. The van der Waals surface area contributed by atoms with Gasteiger partial charge >= 0.3 is 0 Å². The van der Waals surface area contributed by atoms with Gasteiger partial charge in [-0.05, 0) is 27.1 Å². The van der Waals surface area contributed by atoms with Gasteiger partial charge in [-0.25, -0.2) is 5.84 Å². The lowest BCUT2D eigenvalue weighted by molar-refractivity contribution is 0.399.